The number of nitrogens with one attached hydrogen (secondary N) is 1. The molecule has 0 aliphatic carbocycles. The van der Waals surface area contributed by atoms with Crippen LogP contribution < -0.4 is 11.3 Å². The average molecular weight is 217 g/mol. The Kier molecular flexibility index (Phi) is 1.77. The summed E-state index contributed by atoms with van der Waals surface area (Å²) in [5, 5.41) is 2.04. The second-order valence-electron chi connectivity index (χ2n) is 3.02. The third-order valence-corrected chi connectivity index (χ3v) is 3.26. The van der Waals surface area contributed by atoms with Gasteiger partial charge in [0.05, 0.1) is 10.1 Å². The van der Waals surface area contributed by atoms with Crippen LogP contribution in [0.5, 0.6) is 0 Å². The molecule has 0 aliphatic rings. The van der Waals surface area contributed by atoms with Crippen LogP contribution in [0.2, 0.25) is 0 Å². The minimum absolute atomic E-state index is 0.650. The minimum Gasteiger partial charge on any atom is -0.308 e. The number of fused-ring (bicyclic) bond motifs is 3. The number of nitrogens with zero attached hydrogens (tertiary/aromatic N) is 3. The molecule has 3 N–H and O–H groups in total. The highest BCUT2D eigenvalue weighted by atomic mass is 32.1. The fourth-order valence-corrected chi connectivity index (χ4v) is 2.58. The molecule has 0 fully saturated rings. The van der Waals surface area contributed by atoms with Crippen LogP contribution in [0.4, 0.5) is 5.82 Å². The van der Waals surface area contributed by atoms with Gasteiger partial charge in [-0.1, -0.05) is 0 Å². The molecule has 0 atom stereocenters. The van der Waals surface area contributed by atoms with Gasteiger partial charge in [0, 0.05) is 17.8 Å². The maximum atomic E-state index is 5.41. The summed E-state index contributed by atoms with van der Waals surface area (Å²) in [6.07, 6.45) is 5.07. The molecule has 0 spiro atoms. The van der Waals surface area contributed by atoms with E-state index in [-0.39, 0.29) is 0 Å². The van der Waals surface area contributed by atoms with E-state index >= 15 is 0 Å². The molecule has 6 heteroatoms. The molecule has 0 aliphatic heterocycles. The Bertz CT molecular complexity index is 633. The summed E-state index contributed by atoms with van der Waals surface area (Å²) in [6.45, 7) is 0. The van der Waals surface area contributed by atoms with E-state index in [4.69, 9.17) is 5.84 Å². The second-order valence-corrected chi connectivity index (χ2v) is 4.05. The molecule has 0 aromatic carbocycles. The van der Waals surface area contributed by atoms with Gasteiger partial charge >= 0.3 is 0 Å². The lowest BCUT2D eigenvalue weighted by molar-refractivity contribution is 1.19. The largest absolute Gasteiger partial charge is 0.308 e. The van der Waals surface area contributed by atoms with Crippen molar-refractivity contribution >= 4 is 37.5 Å². The standard InChI is InChI=1S/C9H7N5S/c10-14-8-7-5-1-2-11-3-6(5)15-9(7)13-4-12-8/h1-4H,10H2,(H,12,13,14). The quantitative estimate of drug-likeness (QED) is 0.477. The van der Waals surface area contributed by atoms with Crippen LogP contribution in [0.15, 0.2) is 24.8 Å². The van der Waals surface area contributed by atoms with Crippen molar-refractivity contribution in [2.45, 2.75) is 0 Å². The number of pyridine rings is 1. The van der Waals surface area contributed by atoms with E-state index in [1.165, 1.54) is 6.33 Å². The van der Waals surface area contributed by atoms with Gasteiger partial charge < -0.3 is 5.43 Å². The van der Waals surface area contributed by atoms with Gasteiger partial charge in [-0.15, -0.1) is 11.3 Å². The fraction of sp³-hybridized carbons (Fsp3) is 0. The second kappa shape index (κ2) is 3.11. The van der Waals surface area contributed by atoms with Crippen molar-refractivity contribution in [2.24, 2.45) is 5.84 Å². The molecule has 3 heterocycles. The van der Waals surface area contributed by atoms with Crippen LogP contribution in [0.3, 0.4) is 0 Å². The smallest absolute Gasteiger partial charge is 0.152 e. The SMILES string of the molecule is NNc1ncnc2sc3cnccc3c12. The van der Waals surface area contributed by atoms with Gasteiger partial charge in [0.15, 0.2) is 5.82 Å². The number of hydrogen-bond donors (Lipinski definition) is 2. The molecule has 0 saturated heterocycles. The van der Waals surface area contributed by atoms with Crippen molar-refractivity contribution in [3.8, 4) is 0 Å². The molecule has 15 heavy (non-hydrogen) atoms. The number of hydrazine groups is 1. The zero-order valence-electron chi connectivity index (χ0n) is 7.64. The Morgan fingerprint density at radius 3 is 3.13 bits per heavy atom. The van der Waals surface area contributed by atoms with Crippen LogP contribution in [0.1, 0.15) is 0 Å². The molecule has 3 aromatic rings. The van der Waals surface area contributed by atoms with Crippen molar-refractivity contribution < 1.29 is 0 Å². The molecule has 3 aromatic heterocycles. The average Bonchev–Trinajstić information content (AvgIpc) is 2.67. The van der Waals surface area contributed by atoms with Gasteiger partial charge in [0.2, 0.25) is 0 Å². The zero-order chi connectivity index (χ0) is 10.3. The Morgan fingerprint density at radius 1 is 1.33 bits per heavy atom. The topological polar surface area (TPSA) is 76.7 Å². The number of hydrogen-bond acceptors (Lipinski definition) is 6. The fourth-order valence-electron chi connectivity index (χ4n) is 1.57. The normalized spacial score (nSPS) is 11.0. The maximum absolute atomic E-state index is 5.41. The van der Waals surface area contributed by atoms with Crippen molar-refractivity contribution in [1.82, 2.24) is 15.0 Å². The van der Waals surface area contributed by atoms with E-state index in [9.17, 15) is 0 Å². The highest BCUT2D eigenvalue weighted by molar-refractivity contribution is 7.25. The highest BCUT2D eigenvalue weighted by Crippen LogP contribution is 2.34. The van der Waals surface area contributed by atoms with Crippen molar-refractivity contribution in [3.05, 3.63) is 24.8 Å². The van der Waals surface area contributed by atoms with Gasteiger partial charge in [-0.3, -0.25) is 4.98 Å². The third-order valence-electron chi connectivity index (χ3n) is 2.21. The van der Waals surface area contributed by atoms with E-state index in [1.807, 2.05) is 12.3 Å². The minimum atomic E-state index is 0.650. The molecule has 5 nitrogen and oxygen atoms in total. The lowest BCUT2D eigenvalue weighted by Gasteiger charge is -1.99. The van der Waals surface area contributed by atoms with E-state index in [0.717, 1.165) is 20.3 Å². The molecular weight excluding hydrogens is 210 g/mol. The Hall–Kier alpha value is -1.79. The predicted octanol–water partition coefficient (Wildman–Crippen LogP) is 1.53. The molecule has 3 rings (SSSR count). The summed E-state index contributed by atoms with van der Waals surface area (Å²) in [5.41, 5.74) is 2.58. The zero-order valence-corrected chi connectivity index (χ0v) is 8.45. The third kappa shape index (κ3) is 1.15. The Labute approximate surface area is 89.0 Å². The van der Waals surface area contributed by atoms with Gasteiger partial charge in [-0.2, -0.15) is 0 Å². The summed E-state index contributed by atoms with van der Waals surface area (Å²) in [7, 11) is 0. The summed E-state index contributed by atoms with van der Waals surface area (Å²) in [6, 6.07) is 1.94. The van der Waals surface area contributed by atoms with Crippen molar-refractivity contribution in [1.29, 1.82) is 0 Å². The lowest BCUT2D eigenvalue weighted by Crippen LogP contribution is -2.08. The molecule has 74 valence electrons. The first-order chi connectivity index (χ1) is 7.40. The predicted molar refractivity (Wildman–Crippen MR) is 60.5 cm³/mol. The van der Waals surface area contributed by atoms with Gasteiger partial charge in [0.1, 0.15) is 11.2 Å². The van der Waals surface area contributed by atoms with E-state index in [0.29, 0.717) is 5.82 Å². The van der Waals surface area contributed by atoms with Crippen molar-refractivity contribution in [3.63, 3.8) is 0 Å². The van der Waals surface area contributed by atoms with E-state index in [2.05, 4.69) is 20.4 Å². The number of aromatic nitrogens is 3. The maximum Gasteiger partial charge on any atom is 0.152 e. The molecule has 0 unspecified atom stereocenters. The van der Waals surface area contributed by atoms with E-state index in [1.54, 1.807) is 17.5 Å². The molecule has 0 bridgehead atoms. The first kappa shape index (κ1) is 8.51. The van der Waals surface area contributed by atoms with E-state index < -0.39 is 0 Å². The first-order valence-corrected chi connectivity index (χ1v) is 5.15. The van der Waals surface area contributed by atoms with Gasteiger partial charge in [0.25, 0.3) is 0 Å². The first-order valence-electron chi connectivity index (χ1n) is 4.34. The van der Waals surface area contributed by atoms with Crippen molar-refractivity contribution in [2.75, 3.05) is 5.43 Å². The molecule has 0 amide bonds. The summed E-state index contributed by atoms with van der Waals surface area (Å²) < 4.78 is 1.09. The van der Waals surface area contributed by atoms with Crippen LogP contribution >= 0.6 is 11.3 Å². The summed E-state index contributed by atoms with van der Waals surface area (Å²) >= 11 is 1.58. The van der Waals surface area contributed by atoms with Gasteiger partial charge in [-0.25, -0.2) is 15.8 Å². The summed E-state index contributed by atoms with van der Waals surface area (Å²) in [5.74, 6) is 6.07. The number of thiophene rings is 1. The number of anilines is 1. The summed E-state index contributed by atoms with van der Waals surface area (Å²) in [4.78, 5) is 13.3. The van der Waals surface area contributed by atoms with Crippen LogP contribution in [-0.4, -0.2) is 15.0 Å². The molecule has 0 radical (unpaired) electrons. The number of nitrogens with two attached hydrogens (primary N) is 1. The highest BCUT2D eigenvalue weighted by Gasteiger charge is 2.10. The number of rotatable bonds is 1. The Balaban J connectivity index is 2.56. The number of nitrogen functional groups attached to an aromatic ring is 1. The molecule has 0 saturated carbocycles. The van der Waals surface area contributed by atoms with Gasteiger partial charge in [-0.05, 0) is 6.07 Å². The van der Waals surface area contributed by atoms with Crippen LogP contribution in [-0.2, 0) is 0 Å². The van der Waals surface area contributed by atoms with Crippen LogP contribution in [0, 0.1) is 0 Å². The Morgan fingerprint density at radius 2 is 2.27 bits per heavy atom. The van der Waals surface area contributed by atoms with Crippen LogP contribution in [0.25, 0.3) is 20.3 Å². The molecular formula is C9H7N5S. The monoisotopic (exact) mass is 217 g/mol. The lowest BCUT2D eigenvalue weighted by atomic mass is 10.2.